The molecular formula is C23H28N2O4. The molecule has 0 radical (unpaired) electrons. The third-order valence-electron chi connectivity index (χ3n) is 5.23. The van der Waals surface area contributed by atoms with Gasteiger partial charge in [0.2, 0.25) is 11.8 Å². The highest BCUT2D eigenvalue weighted by Gasteiger charge is 2.35. The van der Waals surface area contributed by atoms with E-state index < -0.39 is 0 Å². The third-order valence-corrected chi connectivity index (χ3v) is 5.23. The number of nitrogens with zero attached hydrogens (tertiary/aromatic N) is 1. The number of carbonyl (C=O) groups is 2. The minimum atomic E-state index is -0.348. The lowest BCUT2D eigenvalue weighted by Gasteiger charge is -2.19. The molecule has 2 aromatic carbocycles. The molecule has 0 aliphatic carbocycles. The van der Waals surface area contributed by atoms with Crippen LogP contribution in [-0.4, -0.2) is 39.1 Å². The number of rotatable bonds is 8. The van der Waals surface area contributed by atoms with Gasteiger partial charge in [0.25, 0.3) is 0 Å². The first-order valence-electron chi connectivity index (χ1n) is 9.85. The Bertz CT molecular complexity index is 853. The first-order valence-corrected chi connectivity index (χ1v) is 9.85. The fourth-order valence-electron chi connectivity index (χ4n) is 3.63. The molecular weight excluding hydrogens is 368 g/mol. The Morgan fingerprint density at radius 1 is 1.14 bits per heavy atom. The van der Waals surface area contributed by atoms with Crippen molar-refractivity contribution < 1.29 is 19.1 Å². The summed E-state index contributed by atoms with van der Waals surface area (Å²) in [7, 11) is 3.12. The lowest BCUT2D eigenvalue weighted by molar-refractivity contribution is -0.126. The van der Waals surface area contributed by atoms with Crippen molar-refractivity contribution in [2.24, 2.45) is 11.8 Å². The quantitative estimate of drug-likeness (QED) is 0.745. The highest BCUT2D eigenvalue weighted by molar-refractivity contribution is 6.00. The molecule has 0 spiro atoms. The summed E-state index contributed by atoms with van der Waals surface area (Å²) in [6.07, 6.45) is 1.12. The second-order valence-corrected chi connectivity index (χ2v) is 7.48. The average molecular weight is 396 g/mol. The standard InChI is InChI=1S/C23H28N2O4/c1-16(11-17-7-5-4-6-8-17)14-24-23(27)18-12-22(26)25(15-18)19-9-10-20(28-2)21(13-19)29-3/h4-10,13,16,18H,11-12,14-15H2,1-3H3,(H,24,27). The largest absolute Gasteiger partial charge is 0.493 e. The van der Waals surface area contributed by atoms with Crippen LogP contribution in [0.25, 0.3) is 0 Å². The van der Waals surface area contributed by atoms with Gasteiger partial charge in [0.05, 0.1) is 20.1 Å². The van der Waals surface area contributed by atoms with Crippen LogP contribution in [0.4, 0.5) is 5.69 Å². The Hall–Kier alpha value is -3.02. The maximum Gasteiger partial charge on any atom is 0.227 e. The predicted molar refractivity (Wildman–Crippen MR) is 112 cm³/mol. The zero-order valence-electron chi connectivity index (χ0n) is 17.2. The van der Waals surface area contributed by atoms with Crippen molar-refractivity contribution in [3.05, 3.63) is 54.1 Å². The van der Waals surface area contributed by atoms with Gasteiger partial charge in [-0.1, -0.05) is 37.3 Å². The summed E-state index contributed by atoms with van der Waals surface area (Å²) in [6, 6.07) is 15.6. The predicted octanol–water partition coefficient (Wildman–Crippen LogP) is 3.05. The number of benzene rings is 2. The molecule has 0 bridgehead atoms. The number of hydrogen-bond donors (Lipinski definition) is 1. The molecule has 6 nitrogen and oxygen atoms in total. The Kier molecular flexibility index (Phi) is 6.75. The van der Waals surface area contributed by atoms with Gasteiger partial charge < -0.3 is 19.7 Å². The molecule has 2 atom stereocenters. The fraction of sp³-hybridized carbons (Fsp3) is 0.391. The number of carbonyl (C=O) groups excluding carboxylic acids is 2. The van der Waals surface area contributed by atoms with Crippen molar-refractivity contribution >= 4 is 17.5 Å². The molecule has 3 rings (SSSR count). The van der Waals surface area contributed by atoms with E-state index in [1.54, 1.807) is 31.3 Å². The number of ether oxygens (including phenoxy) is 2. The molecule has 0 saturated carbocycles. The molecule has 29 heavy (non-hydrogen) atoms. The van der Waals surface area contributed by atoms with Crippen LogP contribution in [0.15, 0.2) is 48.5 Å². The van der Waals surface area contributed by atoms with Gasteiger partial charge in [-0.15, -0.1) is 0 Å². The van der Waals surface area contributed by atoms with E-state index in [0.717, 1.165) is 6.42 Å². The van der Waals surface area contributed by atoms with Crippen molar-refractivity contribution in [2.75, 3.05) is 32.2 Å². The van der Waals surface area contributed by atoms with Crippen molar-refractivity contribution in [1.29, 1.82) is 0 Å². The summed E-state index contributed by atoms with van der Waals surface area (Å²) in [5.41, 5.74) is 1.96. The number of amides is 2. The van der Waals surface area contributed by atoms with Crippen LogP contribution in [0.3, 0.4) is 0 Å². The van der Waals surface area contributed by atoms with Gasteiger partial charge >= 0.3 is 0 Å². The van der Waals surface area contributed by atoms with Gasteiger partial charge in [-0.3, -0.25) is 9.59 Å². The van der Waals surface area contributed by atoms with Crippen LogP contribution in [0.1, 0.15) is 18.9 Å². The number of methoxy groups -OCH3 is 2. The smallest absolute Gasteiger partial charge is 0.227 e. The normalized spacial score (nSPS) is 17.1. The van der Waals surface area contributed by atoms with Gasteiger partial charge in [-0.2, -0.15) is 0 Å². The van der Waals surface area contributed by atoms with Crippen molar-refractivity contribution in [3.63, 3.8) is 0 Å². The van der Waals surface area contributed by atoms with E-state index in [4.69, 9.17) is 9.47 Å². The SMILES string of the molecule is COc1ccc(N2CC(C(=O)NCC(C)Cc3ccccc3)CC2=O)cc1OC. The van der Waals surface area contributed by atoms with E-state index in [9.17, 15) is 9.59 Å². The van der Waals surface area contributed by atoms with Gasteiger partial charge in [-0.05, 0) is 30.0 Å². The minimum absolute atomic E-state index is 0.0605. The molecule has 6 heteroatoms. The molecule has 0 aromatic heterocycles. The lowest BCUT2D eigenvalue weighted by atomic mass is 10.0. The number of hydrogen-bond acceptors (Lipinski definition) is 4. The van der Waals surface area contributed by atoms with Crippen molar-refractivity contribution in [2.45, 2.75) is 19.8 Å². The molecule has 1 heterocycles. The van der Waals surface area contributed by atoms with Gasteiger partial charge in [0.15, 0.2) is 11.5 Å². The Morgan fingerprint density at radius 2 is 1.86 bits per heavy atom. The zero-order chi connectivity index (χ0) is 20.8. The maximum atomic E-state index is 12.6. The Labute approximate surface area is 171 Å². The number of anilines is 1. The molecule has 1 aliphatic rings. The number of nitrogens with one attached hydrogen (secondary N) is 1. The molecule has 1 aliphatic heterocycles. The summed E-state index contributed by atoms with van der Waals surface area (Å²) < 4.78 is 10.6. The van der Waals surface area contributed by atoms with Crippen LogP contribution >= 0.6 is 0 Å². The lowest BCUT2D eigenvalue weighted by Crippen LogP contribution is -2.35. The van der Waals surface area contributed by atoms with Crippen LogP contribution in [0.5, 0.6) is 11.5 Å². The topological polar surface area (TPSA) is 67.9 Å². The summed E-state index contributed by atoms with van der Waals surface area (Å²) >= 11 is 0. The summed E-state index contributed by atoms with van der Waals surface area (Å²) in [6.45, 7) is 3.07. The molecule has 2 aromatic rings. The van der Waals surface area contributed by atoms with E-state index in [-0.39, 0.29) is 24.2 Å². The van der Waals surface area contributed by atoms with Crippen LogP contribution < -0.4 is 19.7 Å². The highest BCUT2D eigenvalue weighted by Crippen LogP contribution is 2.34. The third kappa shape index (κ3) is 5.08. The van der Waals surface area contributed by atoms with E-state index in [0.29, 0.717) is 36.2 Å². The summed E-state index contributed by atoms with van der Waals surface area (Å²) in [5, 5.41) is 3.02. The second kappa shape index (κ2) is 9.45. The van der Waals surface area contributed by atoms with Gasteiger partial charge in [0.1, 0.15) is 0 Å². The van der Waals surface area contributed by atoms with E-state index >= 15 is 0 Å². The summed E-state index contributed by atoms with van der Waals surface area (Å²) in [4.78, 5) is 26.7. The van der Waals surface area contributed by atoms with E-state index in [1.807, 2.05) is 24.3 Å². The Balaban J connectivity index is 1.56. The summed E-state index contributed by atoms with van der Waals surface area (Å²) in [5.74, 6) is 1.00. The second-order valence-electron chi connectivity index (χ2n) is 7.48. The van der Waals surface area contributed by atoms with Crippen molar-refractivity contribution in [1.82, 2.24) is 5.32 Å². The monoisotopic (exact) mass is 396 g/mol. The first kappa shape index (κ1) is 20.7. The van der Waals surface area contributed by atoms with Gasteiger partial charge in [-0.25, -0.2) is 0 Å². The molecule has 154 valence electrons. The minimum Gasteiger partial charge on any atom is -0.493 e. The highest BCUT2D eigenvalue weighted by atomic mass is 16.5. The average Bonchev–Trinajstić information content (AvgIpc) is 3.14. The molecule has 1 N–H and O–H groups in total. The van der Waals surface area contributed by atoms with E-state index in [2.05, 4.69) is 24.4 Å². The molecule has 2 unspecified atom stereocenters. The van der Waals surface area contributed by atoms with Crippen LogP contribution in [0.2, 0.25) is 0 Å². The van der Waals surface area contributed by atoms with Crippen LogP contribution in [-0.2, 0) is 16.0 Å². The van der Waals surface area contributed by atoms with Crippen molar-refractivity contribution in [3.8, 4) is 11.5 Å². The maximum absolute atomic E-state index is 12.6. The Morgan fingerprint density at radius 3 is 2.55 bits per heavy atom. The zero-order valence-corrected chi connectivity index (χ0v) is 17.2. The fourth-order valence-corrected chi connectivity index (χ4v) is 3.63. The molecule has 2 amide bonds. The first-order chi connectivity index (χ1) is 14.0. The van der Waals surface area contributed by atoms with Gasteiger partial charge in [0, 0.05) is 31.3 Å². The molecule has 1 fully saturated rings. The molecule has 1 saturated heterocycles. The van der Waals surface area contributed by atoms with E-state index in [1.165, 1.54) is 5.56 Å². The van der Waals surface area contributed by atoms with Crippen LogP contribution in [0, 0.1) is 11.8 Å².